The summed E-state index contributed by atoms with van der Waals surface area (Å²) in [6.45, 7) is 11.8. The van der Waals surface area contributed by atoms with Crippen molar-refractivity contribution in [3.8, 4) is 5.75 Å². The third-order valence-electron chi connectivity index (χ3n) is 5.71. The van der Waals surface area contributed by atoms with Gasteiger partial charge < -0.3 is 25.2 Å². The number of benzene rings is 1. The molecule has 3 N–H and O–H groups in total. The van der Waals surface area contributed by atoms with E-state index < -0.39 is 52.5 Å². The van der Waals surface area contributed by atoms with Gasteiger partial charge in [0.05, 0.1) is 6.54 Å². The molecule has 3 rings (SSSR count). The number of fused-ring (bicyclic) bond motifs is 1. The van der Waals surface area contributed by atoms with E-state index in [1.54, 1.807) is 48.5 Å². The summed E-state index contributed by atoms with van der Waals surface area (Å²) in [6.07, 6.45) is -0.878. The Morgan fingerprint density at radius 3 is 2.45 bits per heavy atom. The molecule has 0 radical (unpaired) electrons. The fourth-order valence-electron chi connectivity index (χ4n) is 4.07. The van der Waals surface area contributed by atoms with E-state index in [-0.39, 0.29) is 29.1 Å². The molecule has 1 aromatic rings. The fourth-order valence-corrected chi connectivity index (χ4v) is 5.36. The van der Waals surface area contributed by atoms with Crippen molar-refractivity contribution in [3.05, 3.63) is 51.0 Å². The first-order valence-electron chi connectivity index (χ1n) is 12.5. The zero-order chi connectivity index (χ0) is 30.0. The number of amides is 3. The topological polar surface area (TPSA) is 183 Å². The van der Waals surface area contributed by atoms with Crippen molar-refractivity contribution >= 4 is 35.6 Å². The Hall–Kier alpha value is -3.90. The van der Waals surface area contributed by atoms with Crippen LogP contribution in [0.25, 0.3) is 10.4 Å². The van der Waals surface area contributed by atoms with Crippen molar-refractivity contribution in [1.82, 2.24) is 15.5 Å². The maximum absolute atomic E-state index is 13.5. The number of thioether (sulfide) groups is 1. The van der Waals surface area contributed by atoms with Gasteiger partial charge in [-0.25, -0.2) is 9.59 Å². The van der Waals surface area contributed by atoms with E-state index in [1.807, 2.05) is 0 Å². The lowest BCUT2D eigenvalue weighted by Gasteiger charge is -2.50. The number of ether oxygens (including phenoxy) is 2. The predicted octanol–water partition coefficient (Wildman–Crippen LogP) is 3.78. The molecule has 1 saturated heterocycles. The van der Waals surface area contributed by atoms with Crippen molar-refractivity contribution in [2.45, 2.75) is 83.7 Å². The Bertz CT molecular complexity index is 1290. The molecule has 14 heteroatoms. The Morgan fingerprint density at radius 2 is 1.85 bits per heavy atom. The molecule has 3 unspecified atom stereocenters. The summed E-state index contributed by atoms with van der Waals surface area (Å²) in [5.74, 6) is -1.52. The Morgan fingerprint density at radius 1 is 1.20 bits per heavy atom. The highest BCUT2D eigenvalue weighted by molar-refractivity contribution is 8.00. The van der Waals surface area contributed by atoms with E-state index in [0.717, 1.165) is 0 Å². The van der Waals surface area contributed by atoms with E-state index in [4.69, 9.17) is 15.0 Å². The monoisotopic (exact) mass is 574 g/mol. The number of aromatic hydroxyl groups is 1. The number of esters is 1. The minimum atomic E-state index is -1.32. The highest BCUT2D eigenvalue weighted by Gasteiger charge is 2.54. The van der Waals surface area contributed by atoms with Gasteiger partial charge in [-0.15, -0.1) is 11.8 Å². The number of phenolic OH excluding ortho intramolecular Hbond substituents is 1. The lowest BCUT2D eigenvalue weighted by molar-refractivity contribution is -0.159. The van der Waals surface area contributed by atoms with Crippen molar-refractivity contribution < 1.29 is 33.8 Å². The fraction of sp³-hybridized carbons (Fsp3) is 0.538. The molecule has 2 aliphatic heterocycles. The quantitative estimate of drug-likeness (QED) is 0.144. The molecular weight excluding hydrogens is 540 g/mol. The molecule has 2 heterocycles. The van der Waals surface area contributed by atoms with Gasteiger partial charge in [0.1, 0.15) is 40.1 Å². The maximum atomic E-state index is 13.5. The largest absolute Gasteiger partial charge is 0.508 e. The molecule has 0 bridgehead atoms. The molecule has 3 atom stereocenters. The number of nitrogens with zero attached hydrogens (tertiary/aromatic N) is 4. The van der Waals surface area contributed by atoms with Crippen molar-refractivity contribution in [3.63, 3.8) is 0 Å². The number of carbonyl (C=O) groups is 4. The van der Waals surface area contributed by atoms with Gasteiger partial charge in [0.15, 0.2) is 0 Å². The summed E-state index contributed by atoms with van der Waals surface area (Å²) in [4.78, 5) is 56.3. The van der Waals surface area contributed by atoms with E-state index in [1.165, 1.54) is 34.9 Å². The van der Waals surface area contributed by atoms with Gasteiger partial charge in [-0.2, -0.15) is 0 Å². The van der Waals surface area contributed by atoms with Crippen molar-refractivity contribution in [2.75, 3.05) is 5.75 Å². The van der Waals surface area contributed by atoms with Gasteiger partial charge >= 0.3 is 12.1 Å². The summed E-state index contributed by atoms with van der Waals surface area (Å²) < 4.78 is 10.8. The number of azide groups is 1. The second-order valence-corrected chi connectivity index (χ2v) is 12.5. The Kier molecular flexibility index (Phi) is 8.95. The number of hydrogen-bond donors (Lipinski definition) is 3. The van der Waals surface area contributed by atoms with Gasteiger partial charge in [0.25, 0.3) is 5.91 Å². The average Bonchev–Trinajstić information content (AvgIpc) is 2.83. The molecule has 2 aliphatic rings. The highest BCUT2D eigenvalue weighted by atomic mass is 32.2. The van der Waals surface area contributed by atoms with Gasteiger partial charge in [0, 0.05) is 10.7 Å². The van der Waals surface area contributed by atoms with E-state index in [0.29, 0.717) is 11.3 Å². The van der Waals surface area contributed by atoms with Crippen LogP contribution in [-0.2, 0) is 30.4 Å². The Labute approximate surface area is 236 Å². The lowest BCUT2D eigenvalue weighted by Crippen LogP contribution is -2.71. The first-order valence-corrected chi connectivity index (χ1v) is 13.6. The zero-order valence-electron chi connectivity index (χ0n) is 23.5. The average molecular weight is 575 g/mol. The molecule has 40 heavy (non-hydrogen) atoms. The second-order valence-electron chi connectivity index (χ2n) is 11.4. The van der Waals surface area contributed by atoms with E-state index in [9.17, 15) is 24.3 Å². The van der Waals surface area contributed by atoms with Crippen LogP contribution in [0.5, 0.6) is 5.75 Å². The van der Waals surface area contributed by atoms with Gasteiger partial charge in [-0.3, -0.25) is 14.5 Å². The van der Waals surface area contributed by atoms with Crippen LogP contribution >= 0.6 is 11.8 Å². The molecule has 0 aromatic heterocycles. The van der Waals surface area contributed by atoms with Crippen LogP contribution in [0.15, 0.2) is 34.6 Å². The smallest absolute Gasteiger partial charge is 0.408 e. The van der Waals surface area contributed by atoms with Crippen molar-refractivity contribution in [1.29, 1.82) is 0 Å². The maximum Gasteiger partial charge on any atom is 0.408 e. The molecule has 0 aliphatic carbocycles. The Balaban J connectivity index is 1.86. The highest BCUT2D eigenvalue weighted by Crippen LogP contribution is 2.41. The van der Waals surface area contributed by atoms with Gasteiger partial charge in [-0.1, -0.05) is 11.2 Å². The standard InChI is InChI=1S/C26H34N6O7S/c1-13-12-40-22-18(21(35)32(22)19(13)23(36)38-25(2,3)4)29-20(34)17(30-24(37)39-26(5,6)7)14-8-9-16(33)15(10-14)11-28-31-27/h8-10,17-18,22,33H,11-12H2,1-7H3,(H,29,34)(H,30,37). The number of alkyl carbamates (subject to hydrolysis) is 1. The van der Waals surface area contributed by atoms with Crippen LogP contribution < -0.4 is 10.6 Å². The molecule has 1 fully saturated rings. The first-order chi connectivity index (χ1) is 18.5. The number of nitrogens with one attached hydrogen (secondary N) is 2. The summed E-state index contributed by atoms with van der Waals surface area (Å²) in [7, 11) is 0. The minimum Gasteiger partial charge on any atom is -0.508 e. The summed E-state index contributed by atoms with van der Waals surface area (Å²) in [5, 5.41) is 18.3. The number of carbonyl (C=O) groups excluding carboxylic acids is 4. The predicted molar refractivity (Wildman–Crippen MR) is 147 cm³/mol. The summed E-state index contributed by atoms with van der Waals surface area (Å²) in [6, 6.07) is 1.86. The van der Waals surface area contributed by atoms with Crippen LogP contribution in [0.3, 0.4) is 0 Å². The van der Waals surface area contributed by atoms with Crippen LogP contribution in [0, 0.1) is 0 Å². The molecular formula is C26H34N6O7S. The van der Waals surface area contributed by atoms with Gasteiger partial charge in [0.2, 0.25) is 5.91 Å². The van der Waals surface area contributed by atoms with Crippen LogP contribution in [0.4, 0.5) is 4.79 Å². The number of phenols is 1. The number of β-lactam (4-membered cyclic amide) rings is 1. The minimum absolute atomic E-state index is 0.159. The number of hydrogen-bond acceptors (Lipinski definition) is 9. The zero-order valence-corrected chi connectivity index (χ0v) is 24.3. The first kappa shape index (κ1) is 30.6. The van der Waals surface area contributed by atoms with Crippen LogP contribution in [-0.4, -0.2) is 62.3 Å². The molecule has 0 spiro atoms. The van der Waals surface area contributed by atoms with Crippen LogP contribution in [0.1, 0.15) is 65.6 Å². The summed E-state index contributed by atoms with van der Waals surface area (Å²) >= 11 is 1.39. The summed E-state index contributed by atoms with van der Waals surface area (Å²) in [5.41, 5.74) is 8.40. The molecule has 216 valence electrons. The van der Waals surface area contributed by atoms with Crippen LogP contribution in [0.2, 0.25) is 0 Å². The molecule has 3 amide bonds. The third kappa shape index (κ3) is 7.19. The van der Waals surface area contributed by atoms with Crippen molar-refractivity contribution in [2.24, 2.45) is 5.11 Å². The molecule has 0 saturated carbocycles. The second kappa shape index (κ2) is 11.7. The van der Waals surface area contributed by atoms with Gasteiger partial charge in [-0.05, 0) is 82.8 Å². The van der Waals surface area contributed by atoms with E-state index in [2.05, 4.69) is 20.7 Å². The van der Waals surface area contributed by atoms with E-state index >= 15 is 0 Å². The third-order valence-corrected chi connectivity index (χ3v) is 7.14. The number of rotatable bonds is 7. The SMILES string of the molecule is CC1=C(C(=O)OC(C)(C)C)N2C(=O)C(NC(=O)C(NC(=O)OC(C)(C)C)c3ccc(O)c(CN=[N+]=[N-])c3)C2SC1. The normalized spacial score (nSPS) is 19.5. The lowest BCUT2D eigenvalue weighted by atomic mass is 9.99. The molecule has 1 aromatic carbocycles. The molecule has 13 nitrogen and oxygen atoms in total.